The largest absolute Gasteiger partial charge is 0.379 e. The van der Waals surface area contributed by atoms with Crippen LogP contribution in [0.4, 0.5) is 0 Å². The lowest BCUT2D eigenvalue weighted by Crippen LogP contribution is -2.45. The van der Waals surface area contributed by atoms with E-state index in [2.05, 4.69) is 21.6 Å². The standard InChI is InChI=1S/C31H45N3O5S/c35-28(15-17-34-18-20-39-21-19-34)32-16-5-3-1-2-4-6-22-40-27-12-8-11-24-23(27)9-7-10-25(30(24)37)26-13-14-29(36)33-31(26)38/h8,11-12,25-26H,1-7,9-10,13-22H2,(H,32,35)(H,33,36,38). The normalized spacial score (nSPS) is 21.9. The van der Waals surface area contributed by atoms with E-state index in [0.29, 0.717) is 25.7 Å². The first-order valence-corrected chi connectivity index (χ1v) is 16.2. The number of ether oxygens (including phenoxy) is 1. The number of Topliss-reactive ketones (excluding diaryl/α,β-unsaturated/α-hetero) is 1. The molecule has 4 rings (SSSR count). The predicted octanol–water partition coefficient (Wildman–Crippen LogP) is 4.15. The zero-order valence-corrected chi connectivity index (χ0v) is 24.5. The van der Waals surface area contributed by atoms with Gasteiger partial charge in [0.2, 0.25) is 17.7 Å². The number of fused-ring (bicyclic) bond motifs is 1. The molecular formula is C31H45N3O5S. The molecule has 1 aromatic carbocycles. The fourth-order valence-corrected chi connectivity index (χ4v) is 7.14. The molecule has 8 nitrogen and oxygen atoms in total. The third-order valence-electron chi connectivity index (χ3n) is 8.35. The van der Waals surface area contributed by atoms with Gasteiger partial charge in [0.15, 0.2) is 5.78 Å². The molecule has 2 N–H and O–H groups in total. The minimum absolute atomic E-state index is 0.0674. The summed E-state index contributed by atoms with van der Waals surface area (Å²) in [6, 6.07) is 6.00. The number of rotatable bonds is 14. The molecule has 40 heavy (non-hydrogen) atoms. The summed E-state index contributed by atoms with van der Waals surface area (Å²) >= 11 is 1.84. The predicted molar refractivity (Wildman–Crippen MR) is 156 cm³/mol. The van der Waals surface area contributed by atoms with Crippen LogP contribution in [0.15, 0.2) is 23.1 Å². The number of piperidine rings is 1. The van der Waals surface area contributed by atoms with Gasteiger partial charge < -0.3 is 10.1 Å². The number of hydrogen-bond donors (Lipinski definition) is 2. The molecule has 9 heteroatoms. The van der Waals surface area contributed by atoms with E-state index < -0.39 is 5.92 Å². The van der Waals surface area contributed by atoms with Crippen LogP contribution < -0.4 is 10.6 Å². The van der Waals surface area contributed by atoms with E-state index >= 15 is 0 Å². The number of morpholine rings is 1. The zero-order chi connectivity index (χ0) is 28.2. The van der Waals surface area contributed by atoms with E-state index in [4.69, 9.17) is 4.74 Å². The summed E-state index contributed by atoms with van der Waals surface area (Å²) in [5.41, 5.74) is 1.91. The molecule has 2 fully saturated rings. The Morgan fingerprint density at radius 1 is 0.975 bits per heavy atom. The Morgan fingerprint density at radius 2 is 1.75 bits per heavy atom. The number of hydrogen-bond acceptors (Lipinski definition) is 7. The number of nitrogens with one attached hydrogen (secondary N) is 2. The van der Waals surface area contributed by atoms with Crippen molar-refractivity contribution in [3.8, 4) is 0 Å². The first kappa shape index (κ1) is 30.7. The smallest absolute Gasteiger partial charge is 0.230 e. The molecule has 1 aromatic rings. The maximum atomic E-state index is 13.5. The highest BCUT2D eigenvalue weighted by molar-refractivity contribution is 7.99. The van der Waals surface area contributed by atoms with Gasteiger partial charge in [-0.15, -0.1) is 11.8 Å². The van der Waals surface area contributed by atoms with Crippen LogP contribution in [0.3, 0.4) is 0 Å². The minimum Gasteiger partial charge on any atom is -0.379 e. The highest BCUT2D eigenvalue weighted by Gasteiger charge is 2.39. The average molecular weight is 572 g/mol. The van der Waals surface area contributed by atoms with Crippen molar-refractivity contribution >= 4 is 35.3 Å². The van der Waals surface area contributed by atoms with Crippen molar-refractivity contribution in [3.63, 3.8) is 0 Å². The molecule has 2 saturated heterocycles. The zero-order valence-electron chi connectivity index (χ0n) is 23.7. The van der Waals surface area contributed by atoms with E-state index in [-0.39, 0.29) is 29.4 Å². The Labute approximate surface area is 242 Å². The van der Waals surface area contributed by atoms with Gasteiger partial charge in [-0.25, -0.2) is 0 Å². The van der Waals surface area contributed by atoms with Crippen molar-refractivity contribution in [3.05, 3.63) is 29.3 Å². The molecule has 2 heterocycles. The molecule has 1 aliphatic carbocycles. The second-order valence-electron chi connectivity index (χ2n) is 11.2. The fraction of sp³-hybridized carbons (Fsp3) is 0.677. The minimum atomic E-state index is -0.399. The lowest BCUT2D eigenvalue weighted by Gasteiger charge is -2.27. The lowest BCUT2D eigenvalue weighted by molar-refractivity contribution is -0.137. The quantitative estimate of drug-likeness (QED) is 0.150. The van der Waals surface area contributed by atoms with Crippen LogP contribution in [0.2, 0.25) is 0 Å². The summed E-state index contributed by atoms with van der Waals surface area (Å²) in [4.78, 5) is 53.0. The first-order valence-electron chi connectivity index (χ1n) is 15.2. The number of amides is 3. The van der Waals surface area contributed by atoms with Gasteiger partial charge in [-0.2, -0.15) is 0 Å². The Balaban J connectivity index is 1.09. The molecular weight excluding hydrogens is 526 g/mol. The van der Waals surface area contributed by atoms with Crippen molar-refractivity contribution < 1.29 is 23.9 Å². The van der Waals surface area contributed by atoms with Crippen LogP contribution >= 0.6 is 11.8 Å². The van der Waals surface area contributed by atoms with Crippen LogP contribution in [0.5, 0.6) is 0 Å². The molecule has 2 aliphatic heterocycles. The second-order valence-corrected chi connectivity index (χ2v) is 12.4. The van der Waals surface area contributed by atoms with Crippen LogP contribution in [-0.2, 0) is 25.5 Å². The molecule has 0 bridgehead atoms. The van der Waals surface area contributed by atoms with Crippen molar-refractivity contribution in [2.24, 2.45) is 11.8 Å². The van der Waals surface area contributed by atoms with Gasteiger partial charge in [-0.05, 0) is 55.9 Å². The molecule has 220 valence electrons. The summed E-state index contributed by atoms with van der Waals surface area (Å²) in [5.74, 6) is -0.0100. The Morgan fingerprint density at radius 3 is 2.55 bits per heavy atom. The van der Waals surface area contributed by atoms with E-state index in [1.807, 2.05) is 23.9 Å². The van der Waals surface area contributed by atoms with E-state index in [1.54, 1.807) is 0 Å². The van der Waals surface area contributed by atoms with E-state index in [1.165, 1.54) is 24.2 Å². The third-order valence-corrected chi connectivity index (χ3v) is 9.54. The maximum Gasteiger partial charge on any atom is 0.230 e. The number of nitrogens with zero attached hydrogens (tertiary/aromatic N) is 1. The summed E-state index contributed by atoms with van der Waals surface area (Å²) in [7, 11) is 0. The van der Waals surface area contributed by atoms with Crippen LogP contribution in [-0.4, -0.2) is 73.6 Å². The fourth-order valence-electron chi connectivity index (χ4n) is 6.01. The first-order chi connectivity index (χ1) is 19.5. The molecule has 3 amide bonds. The summed E-state index contributed by atoms with van der Waals surface area (Å²) in [5, 5.41) is 5.48. The number of thioether (sulfide) groups is 1. The molecule has 0 radical (unpaired) electrons. The number of carbonyl (C=O) groups is 4. The van der Waals surface area contributed by atoms with Crippen LogP contribution in [0.1, 0.15) is 86.6 Å². The SMILES string of the molecule is O=C(CCN1CCOCC1)NCCCCCCCCSc1cccc2c1CCCC(C1CCC(=O)NC1=O)C2=O. The maximum absolute atomic E-state index is 13.5. The van der Waals surface area contributed by atoms with Crippen molar-refractivity contribution in [2.45, 2.75) is 81.9 Å². The number of benzene rings is 1. The van der Waals surface area contributed by atoms with Gasteiger partial charge in [-0.1, -0.05) is 37.8 Å². The molecule has 2 unspecified atom stereocenters. The monoisotopic (exact) mass is 571 g/mol. The Kier molecular flexibility index (Phi) is 12.5. The average Bonchev–Trinajstić information content (AvgIpc) is 3.12. The van der Waals surface area contributed by atoms with Gasteiger partial charge in [0.25, 0.3) is 0 Å². The summed E-state index contributed by atoms with van der Waals surface area (Å²) in [6.07, 6.45) is 10.7. The van der Waals surface area contributed by atoms with E-state index in [9.17, 15) is 19.2 Å². The van der Waals surface area contributed by atoms with Crippen molar-refractivity contribution in [2.75, 3.05) is 45.1 Å². The van der Waals surface area contributed by atoms with Crippen molar-refractivity contribution in [1.82, 2.24) is 15.5 Å². The highest BCUT2D eigenvalue weighted by Crippen LogP contribution is 2.36. The molecule has 0 spiro atoms. The number of imide groups is 1. The second kappa shape index (κ2) is 16.3. The Bertz CT molecular complexity index is 1030. The number of ketones is 1. The van der Waals surface area contributed by atoms with Gasteiger partial charge in [-0.3, -0.25) is 29.4 Å². The molecule has 3 aliphatic rings. The molecule has 0 aromatic heterocycles. The number of unbranched alkanes of at least 4 members (excludes halogenated alkanes) is 5. The van der Waals surface area contributed by atoms with Gasteiger partial charge in [0, 0.05) is 61.3 Å². The third kappa shape index (κ3) is 9.14. The van der Waals surface area contributed by atoms with Crippen molar-refractivity contribution in [1.29, 1.82) is 0 Å². The summed E-state index contributed by atoms with van der Waals surface area (Å²) in [6.45, 7) is 4.96. The van der Waals surface area contributed by atoms with Gasteiger partial charge in [0.1, 0.15) is 0 Å². The van der Waals surface area contributed by atoms with Crippen LogP contribution in [0, 0.1) is 11.8 Å². The molecule has 2 atom stereocenters. The van der Waals surface area contributed by atoms with Crippen LogP contribution in [0.25, 0.3) is 0 Å². The lowest BCUT2D eigenvalue weighted by atomic mass is 9.79. The topological polar surface area (TPSA) is 105 Å². The van der Waals surface area contributed by atoms with E-state index in [0.717, 1.165) is 88.4 Å². The van der Waals surface area contributed by atoms with Gasteiger partial charge in [0.05, 0.1) is 13.2 Å². The molecule has 0 saturated carbocycles. The summed E-state index contributed by atoms with van der Waals surface area (Å²) < 4.78 is 5.34. The van der Waals surface area contributed by atoms with Gasteiger partial charge >= 0.3 is 0 Å². The Hall–Kier alpha value is -2.23. The highest BCUT2D eigenvalue weighted by atomic mass is 32.2. The number of carbonyl (C=O) groups excluding carboxylic acids is 4.